The molecular formula is C22H27N5O. The fourth-order valence-corrected chi connectivity index (χ4v) is 3.44. The molecular weight excluding hydrogens is 350 g/mol. The van der Waals surface area contributed by atoms with Gasteiger partial charge in [0.1, 0.15) is 0 Å². The van der Waals surface area contributed by atoms with Gasteiger partial charge in [-0.25, -0.2) is 0 Å². The van der Waals surface area contributed by atoms with Crippen LogP contribution in [0, 0.1) is 20.8 Å². The van der Waals surface area contributed by atoms with Crippen molar-refractivity contribution < 1.29 is 4.79 Å². The van der Waals surface area contributed by atoms with Crippen LogP contribution in [-0.4, -0.2) is 32.7 Å². The molecule has 0 aliphatic heterocycles. The van der Waals surface area contributed by atoms with Crippen LogP contribution in [0.2, 0.25) is 0 Å². The van der Waals surface area contributed by atoms with Gasteiger partial charge < -0.3 is 5.32 Å². The molecule has 28 heavy (non-hydrogen) atoms. The van der Waals surface area contributed by atoms with Crippen molar-refractivity contribution in [1.29, 1.82) is 0 Å². The largest absolute Gasteiger partial charge is 0.356 e. The summed E-state index contributed by atoms with van der Waals surface area (Å²) in [6.07, 6.45) is 1.99. The van der Waals surface area contributed by atoms with Crippen LogP contribution in [0.4, 0.5) is 0 Å². The summed E-state index contributed by atoms with van der Waals surface area (Å²) in [5, 5.41) is 15.5. The summed E-state index contributed by atoms with van der Waals surface area (Å²) >= 11 is 0. The zero-order valence-electron chi connectivity index (χ0n) is 16.8. The van der Waals surface area contributed by atoms with Crippen LogP contribution < -0.4 is 5.32 Å². The molecule has 6 heteroatoms. The Morgan fingerprint density at radius 3 is 2.50 bits per heavy atom. The summed E-state index contributed by atoms with van der Waals surface area (Å²) < 4.78 is 0. The maximum absolute atomic E-state index is 12.1. The first-order valence-corrected chi connectivity index (χ1v) is 9.69. The SMILES string of the molecule is Cc1cc(C)c(CCNC(=O)CCCn2nnc(-c3ccccc3)n2)c(C)c1. The lowest BCUT2D eigenvalue weighted by molar-refractivity contribution is -0.121. The molecule has 1 aromatic heterocycles. The fourth-order valence-electron chi connectivity index (χ4n) is 3.44. The molecule has 0 aliphatic rings. The summed E-state index contributed by atoms with van der Waals surface area (Å²) in [6.45, 7) is 7.60. The Hall–Kier alpha value is -3.02. The number of tetrazole rings is 1. The minimum Gasteiger partial charge on any atom is -0.356 e. The number of benzene rings is 2. The minimum atomic E-state index is 0.0609. The Bertz CT molecular complexity index is 910. The van der Waals surface area contributed by atoms with Crippen molar-refractivity contribution in [2.45, 2.75) is 46.6 Å². The molecule has 0 aliphatic carbocycles. The first-order valence-electron chi connectivity index (χ1n) is 9.69. The van der Waals surface area contributed by atoms with Gasteiger partial charge in [-0.1, -0.05) is 48.0 Å². The monoisotopic (exact) mass is 377 g/mol. The maximum Gasteiger partial charge on any atom is 0.220 e. The molecule has 1 N–H and O–H groups in total. The second-order valence-electron chi connectivity index (χ2n) is 7.16. The second kappa shape index (κ2) is 9.26. The van der Waals surface area contributed by atoms with Gasteiger partial charge in [-0.2, -0.15) is 4.80 Å². The minimum absolute atomic E-state index is 0.0609. The summed E-state index contributed by atoms with van der Waals surface area (Å²) in [7, 11) is 0. The van der Waals surface area contributed by atoms with E-state index in [0.717, 1.165) is 12.0 Å². The third-order valence-corrected chi connectivity index (χ3v) is 4.78. The number of nitrogens with one attached hydrogen (secondary N) is 1. The predicted octanol–water partition coefficient (Wildman–Crippen LogP) is 3.40. The van der Waals surface area contributed by atoms with Crippen molar-refractivity contribution in [1.82, 2.24) is 25.5 Å². The topological polar surface area (TPSA) is 72.7 Å². The van der Waals surface area contributed by atoms with Crippen LogP contribution in [0.25, 0.3) is 11.4 Å². The second-order valence-corrected chi connectivity index (χ2v) is 7.16. The van der Waals surface area contributed by atoms with E-state index in [1.807, 2.05) is 30.3 Å². The number of amides is 1. The summed E-state index contributed by atoms with van der Waals surface area (Å²) in [6, 6.07) is 14.1. The van der Waals surface area contributed by atoms with Crippen LogP contribution in [0.3, 0.4) is 0 Å². The molecule has 0 bridgehead atoms. The highest BCUT2D eigenvalue weighted by atomic mass is 16.1. The lowest BCUT2D eigenvalue weighted by atomic mass is 9.97. The molecule has 0 atom stereocenters. The van der Waals surface area contributed by atoms with Gasteiger partial charge in [0, 0.05) is 18.5 Å². The Kier molecular flexibility index (Phi) is 6.53. The van der Waals surface area contributed by atoms with Crippen molar-refractivity contribution >= 4 is 5.91 Å². The van der Waals surface area contributed by atoms with E-state index in [2.05, 4.69) is 53.6 Å². The van der Waals surface area contributed by atoms with Crippen LogP contribution in [0.5, 0.6) is 0 Å². The molecule has 1 amide bonds. The molecule has 3 aromatic rings. The van der Waals surface area contributed by atoms with E-state index in [9.17, 15) is 4.79 Å². The van der Waals surface area contributed by atoms with E-state index in [4.69, 9.17) is 0 Å². The standard InChI is InChI=1S/C22H27N5O/c1-16-14-17(2)20(18(3)15-16)11-12-23-21(28)10-7-13-27-25-22(24-26-27)19-8-5-4-6-9-19/h4-6,8-9,14-15H,7,10-13H2,1-3H3,(H,23,28). The zero-order chi connectivity index (χ0) is 19.9. The number of aromatic nitrogens is 4. The van der Waals surface area contributed by atoms with E-state index < -0.39 is 0 Å². The average molecular weight is 377 g/mol. The van der Waals surface area contributed by atoms with E-state index in [-0.39, 0.29) is 5.91 Å². The number of carbonyl (C=O) groups is 1. The zero-order valence-corrected chi connectivity index (χ0v) is 16.8. The highest BCUT2D eigenvalue weighted by Gasteiger charge is 2.08. The summed E-state index contributed by atoms with van der Waals surface area (Å²) in [4.78, 5) is 13.6. The van der Waals surface area contributed by atoms with Gasteiger partial charge >= 0.3 is 0 Å². The average Bonchev–Trinajstić information content (AvgIpc) is 3.13. The van der Waals surface area contributed by atoms with Gasteiger partial charge in [0.15, 0.2) is 0 Å². The van der Waals surface area contributed by atoms with Gasteiger partial charge in [0.2, 0.25) is 11.7 Å². The molecule has 0 saturated heterocycles. The highest BCUT2D eigenvalue weighted by molar-refractivity contribution is 5.75. The number of aryl methyl sites for hydroxylation is 4. The molecule has 0 fully saturated rings. The fraction of sp³-hybridized carbons (Fsp3) is 0.364. The predicted molar refractivity (Wildman–Crippen MR) is 110 cm³/mol. The maximum atomic E-state index is 12.1. The van der Waals surface area contributed by atoms with Crippen LogP contribution >= 0.6 is 0 Å². The quantitative estimate of drug-likeness (QED) is 0.653. The van der Waals surface area contributed by atoms with Gasteiger partial charge in [-0.3, -0.25) is 4.79 Å². The highest BCUT2D eigenvalue weighted by Crippen LogP contribution is 2.16. The lowest BCUT2D eigenvalue weighted by Crippen LogP contribution is -2.26. The molecule has 0 unspecified atom stereocenters. The third kappa shape index (κ3) is 5.25. The van der Waals surface area contributed by atoms with E-state index >= 15 is 0 Å². The number of hydrogen-bond donors (Lipinski definition) is 1. The van der Waals surface area contributed by atoms with Crippen LogP contribution in [0.15, 0.2) is 42.5 Å². The Labute approximate surface area is 166 Å². The Morgan fingerprint density at radius 2 is 1.79 bits per heavy atom. The molecule has 0 radical (unpaired) electrons. The molecule has 6 nitrogen and oxygen atoms in total. The first kappa shape index (κ1) is 19.7. The smallest absolute Gasteiger partial charge is 0.220 e. The molecule has 1 heterocycles. The lowest BCUT2D eigenvalue weighted by Gasteiger charge is -2.12. The van der Waals surface area contributed by atoms with E-state index in [0.29, 0.717) is 31.8 Å². The van der Waals surface area contributed by atoms with Crippen LogP contribution in [0.1, 0.15) is 35.1 Å². The van der Waals surface area contributed by atoms with Crippen molar-refractivity contribution in [3.63, 3.8) is 0 Å². The molecule has 0 spiro atoms. The van der Waals surface area contributed by atoms with E-state index in [1.165, 1.54) is 22.3 Å². The molecule has 3 rings (SSSR count). The summed E-state index contributed by atoms with van der Waals surface area (Å²) in [5.74, 6) is 0.666. The Balaban J connectivity index is 1.40. The van der Waals surface area contributed by atoms with Crippen LogP contribution in [-0.2, 0) is 17.8 Å². The van der Waals surface area contributed by atoms with Crippen molar-refractivity contribution in [3.8, 4) is 11.4 Å². The number of rotatable bonds is 8. The number of nitrogens with zero attached hydrogens (tertiary/aromatic N) is 4. The van der Waals surface area contributed by atoms with Crippen molar-refractivity contribution in [2.75, 3.05) is 6.54 Å². The third-order valence-electron chi connectivity index (χ3n) is 4.78. The van der Waals surface area contributed by atoms with Gasteiger partial charge in [0.25, 0.3) is 0 Å². The van der Waals surface area contributed by atoms with Crippen molar-refractivity contribution in [2.24, 2.45) is 0 Å². The molecule has 0 saturated carbocycles. The molecule has 146 valence electrons. The van der Waals surface area contributed by atoms with Crippen molar-refractivity contribution in [3.05, 3.63) is 64.7 Å². The normalized spacial score (nSPS) is 10.8. The Morgan fingerprint density at radius 1 is 1.07 bits per heavy atom. The first-order chi connectivity index (χ1) is 13.5. The number of hydrogen-bond acceptors (Lipinski definition) is 4. The number of carbonyl (C=O) groups excluding carboxylic acids is 1. The molecule has 2 aromatic carbocycles. The van der Waals surface area contributed by atoms with Gasteiger partial charge in [-0.15, -0.1) is 10.2 Å². The van der Waals surface area contributed by atoms with Gasteiger partial charge in [0.05, 0.1) is 6.54 Å². The summed E-state index contributed by atoms with van der Waals surface area (Å²) in [5.41, 5.74) is 6.12. The van der Waals surface area contributed by atoms with E-state index in [1.54, 1.807) is 4.80 Å². The van der Waals surface area contributed by atoms with Gasteiger partial charge in [-0.05, 0) is 55.5 Å².